The highest BCUT2D eigenvalue weighted by Crippen LogP contribution is 2.27. The van der Waals surface area contributed by atoms with Gasteiger partial charge < -0.3 is 0 Å². The number of hydrogen-bond acceptors (Lipinski definition) is 1. The lowest BCUT2D eigenvalue weighted by molar-refractivity contribution is -0.130. The van der Waals surface area contributed by atoms with Crippen molar-refractivity contribution in [3.63, 3.8) is 0 Å². The molecule has 2 heteroatoms. The summed E-state index contributed by atoms with van der Waals surface area (Å²) < 4.78 is 12.7. The molecule has 10 heavy (non-hydrogen) atoms. The van der Waals surface area contributed by atoms with Crippen LogP contribution in [0.3, 0.4) is 0 Å². The van der Waals surface area contributed by atoms with Crippen LogP contribution < -0.4 is 0 Å². The molecule has 58 valence electrons. The molecular formula is C8H13FO. The first-order valence-electron chi connectivity index (χ1n) is 3.79. The minimum Gasteiger partial charge on any atom is -0.296 e. The zero-order valence-electron chi connectivity index (χ0n) is 6.43. The molecule has 0 aromatic heterocycles. The molecule has 0 saturated heterocycles. The van der Waals surface area contributed by atoms with Crippen molar-refractivity contribution in [1.29, 1.82) is 0 Å². The van der Waals surface area contributed by atoms with Gasteiger partial charge in [0.1, 0.15) is 0 Å². The fourth-order valence-corrected chi connectivity index (χ4v) is 1.59. The molecule has 0 N–H and O–H groups in total. The largest absolute Gasteiger partial charge is 0.296 e. The van der Waals surface area contributed by atoms with E-state index in [1.165, 1.54) is 0 Å². The number of carbonyl (C=O) groups excluding carboxylic acids is 1. The Hall–Kier alpha value is -0.400. The van der Waals surface area contributed by atoms with Gasteiger partial charge in [-0.2, -0.15) is 0 Å². The van der Waals surface area contributed by atoms with Gasteiger partial charge in [0.25, 0.3) is 0 Å². The number of alkyl halides is 1. The smallest absolute Gasteiger partial charge is 0.169 e. The van der Waals surface area contributed by atoms with Crippen molar-refractivity contribution in [2.75, 3.05) is 0 Å². The Bertz CT molecular complexity index is 130. The molecule has 3 atom stereocenters. The maximum Gasteiger partial charge on any atom is 0.169 e. The van der Waals surface area contributed by atoms with Crippen LogP contribution in [0.25, 0.3) is 0 Å². The zero-order chi connectivity index (χ0) is 7.72. The second kappa shape index (κ2) is 2.69. The third-order valence-corrected chi connectivity index (χ3v) is 2.16. The van der Waals surface area contributed by atoms with Crippen LogP contribution in [0.15, 0.2) is 0 Å². The van der Waals surface area contributed by atoms with E-state index < -0.39 is 6.17 Å². The lowest BCUT2D eigenvalue weighted by atomic mass is 9.81. The van der Waals surface area contributed by atoms with E-state index in [0.717, 1.165) is 6.42 Å². The Labute approximate surface area is 60.6 Å². The van der Waals surface area contributed by atoms with Gasteiger partial charge in [-0.05, 0) is 18.8 Å². The van der Waals surface area contributed by atoms with E-state index >= 15 is 0 Å². The van der Waals surface area contributed by atoms with Crippen molar-refractivity contribution in [2.24, 2.45) is 11.8 Å². The van der Waals surface area contributed by atoms with Crippen LogP contribution >= 0.6 is 0 Å². The SMILES string of the molecule is C[C@H]1C[C@@H](F)C(=O)[C@@H](C)C1. The van der Waals surface area contributed by atoms with Gasteiger partial charge in [0.05, 0.1) is 0 Å². The summed E-state index contributed by atoms with van der Waals surface area (Å²) >= 11 is 0. The lowest BCUT2D eigenvalue weighted by Gasteiger charge is -2.25. The van der Waals surface area contributed by atoms with E-state index in [9.17, 15) is 9.18 Å². The van der Waals surface area contributed by atoms with Gasteiger partial charge in [-0.1, -0.05) is 13.8 Å². The zero-order valence-corrected chi connectivity index (χ0v) is 6.43. The third-order valence-electron chi connectivity index (χ3n) is 2.16. The first-order valence-corrected chi connectivity index (χ1v) is 3.79. The number of ketones is 1. The fourth-order valence-electron chi connectivity index (χ4n) is 1.59. The molecule has 1 nitrogen and oxygen atoms in total. The van der Waals surface area contributed by atoms with Gasteiger partial charge in [-0.3, -0.25) is 4.79 Å². The molecule has 0 aromatic carbocycles. The number of Topliss-reactive ketones (excluding diaryl/α,β-unsaturated/α-hetero) is 1. The number of hydrogen-bond donors (Lipinski definition) is 0. The topological polar surface area (TPSA) is 17.1 Å². The van der Waals surface area contributed by atoms with Crippen molar-refractivity contribution in [2.45, 2.75) is 32.9 Å². The van der Waals surface area contributed by atoms with E-state index in [0.29, 0.717) is 12.3 Å². The van der Waals surface area contributed by atoms with Crippen LogP contribution in [0.4, 0.5) is 4.39 Å². The highest BCUT2D eigenvalue weighted by molar-refractivity contribution is 5.85. The Kier molecular flexibility index (Phi) is 2.07. The first-order chi connectivity index (χ1) is 4.61. The normalized spacial score (nSPS) is 41.9. The van der Waals surface area contributed by atoms with Gasteiger partial charge in [0.15, 0.2) is 12.0 Å². The Balaban J connectivity index is 2.57. The molecule has 1 aliphatic rings. The predicted molar refractivity (Wildman–Crippen MR) is 37.5 cm³/mol. The molecule has 0 heterocycles. The number of rotatable bonds is 0. The summed E-state index contributed by atoms with van der Waals surface area (Å²) in [5.74, 6) is 0.125. The Morgan fingerprint density at radius 2 is 2.00 bits per heavy atom. The van der Waals surface area contributed by atoms with E-state index in [2.05, 4.69) is 0 Å². The summed E-state index contributed by atoms with van der Waals surface area (Å²) in [7, 11) is 0. The molecule has 0 spiro atoms. The maximum atomic E-state index is 12.7. The molecule has 1 saturated carbocycles. The molecule has 1 aliphatic carbocycles. The van der Waals surface area contributed by atoms with Crippen LogP contribution in [-0.2, 0) is 4.79 Å². The average Bonchev–Trinajstić information content (AvgIpc) is 1.82. The maximum absolute atomic E-state index is 12.7. The summed E-state index contributed by atoms with van der Waals surface area (Å²) in [6.07, 6.45) is 0.112. The van der Waals surface area contributed by atoms with E-state index in [-0.39, 0.29) is 11.7 Å². The van der Waals surface area contributed by atoms with Crippen molar-refractivity contribution >= 4 is 5.78 Å². The fraction of sp³-hybridized carbons (Fsp3) is 0.875. The predicted octanol–water partition coefficient (Wildman–Crippen LogP) is 1.96. The van der Waals surface area contributed by atoms with Crippen LogP contribution in [0.5, 0.6) is 0 Å². The van der Waals surface area contributed by atoms with E-state index in [1.54, 1.807) is 0 Å². The standard InChI is InChI=1S/C8H13FO/c1-5-3-6(2)8(10)7(9)4-5/h5-7H,3-4H2,1-2H3/t5-,6+,7-/m1/s1. The highest BCUT2D eigenvalue weighted by atomic mass is 19.1. The molecule has 0 aliphatic heterocycles. The minimum absolute atomic E-state index is 0.0567. The molecule has 0 radical (unpaired) electrons. The van der Waals surface area contributed by atoms with E-state index in [1.807, 2.05) is 13.8 Å². The Morgan fingerprint density at radius 3 is 2.50 bits per heavy atom. The van der Waals surface area contributed by atoms with Crippen molar-refractivity contribution < 1.29 is 9.18 Å². The Morgan fingerprint density at radius 1 is 1.40 bits per heavy atom. The van der Waals surface area contributed by atoms with Crippen molar-refractivity contribution in [1.82, 2.24) is 0 Å². The molecule has 1 fully saturated rings. The van der Waals surface area contributed by atoms with Crippen LogP contribution in [0.1, 0.15) is 26.7 Å². The quantitative estimate of drug-likeness (QED) is 0.508. The van der Waals surface area contributed by atoms with Crippen LogP contribution in [-0.4, -0.2) is 12.0 Å². The van der Waals surface area contributed by atoms with Crippen molar-refractivity contribution in [3.8, 4) is 0 Å². The molecule has 0 amide bonds. The van der Waals surface area contributed by atoms with Gasteiger partial charge >= 0.3 is 0 Å². The summed E-state index contributed by atoms with van der Waals surface area (Å²) in [5, 5.41) is 0. The molecule has 0 aromatic rings. The van der Waals surface area contributed by atoms with Gasteiger partial charge in [-0.15, -0.1) is 0 Å². The van der Waals surface area contributed by atoms with E-state index in [4.69, 9.17) is 0 Å². The number of halogens is 1. The van der Waals surface area contributed by atoms with Gasteiger partial charge in [-0.25, -0.2) is 4.39 Å². The van der Waals surface area contributed by atoms with Crippen LogP contribution in [0.2, 0.25) is 0 Å². The molecule has 0 unspecified atom stereocenters. The summed E-state index contributed by atoms with van der Waals surface area (Å²) in [4.78, 5) is 10.9. The summed E-state index contributed by atoms with van der Waals surface area (Å²) in [5.41, 5.74) is 0. The second-order valence-corrected chi connectivity index (χ2v) is 3.35. The second-order valence-electron chi connectivity index (χ2n) is 3.35. The van der Waals surface area contributed by atoms with Crippen LogP contribution in [0, 0.1) is 11.8 Å². The molecular weight excluding hydrogens is 131 g/mol. The average molecular weight is 144 g/mol. The monoisotopic (exact) mass is 144 g/mol. The van der Waals surface area contributed by atoms with Gasteiger partial charge in [0.2, 0.25) is 0 Å². The summed E-state index contributed by atoms with van der Waals surface area (Å²) in [6, 6.07) is 0. The first kappa shape index (κ1) is 7.70. The molecule has 0 bridgehead atoms. The highest BCUT2D eigenvalue weighted by Gasteiger charge is 2.31. The molecule has 1 rings (SSSR count). The van der Waals surface area contributed by atoms with Gasteiger partial charge in [0, 0.05) is 5.92 Å². The minimum atomic E-state index is -1.18. The third kappa shape index (κ3) is 1.36. The van der Waals surface area contributed by atoms with Crippen molar-refractivity contribution in [3.05, 3.63) is 0 Å². The number of carbonyl (C=O) groups is 1. The summed E-state index contributed by atoms with van der Waals surface area (Å²) in [6.45, 7) is 3.81. The lowest BCUT2D eigenvalue weighted by Crippen LogP contribution is -2.31.